The van der Waals surface area contributed by atoms with Gasteiger partial charge in [0.25, 0.3) is 0 Å². The van der Waals surface area contributed by atoms with Crippen molar-refractivity contribution in [3.8, 4) is 0 Å². The Kier molecular flexibility index (Phi) is 6.61. The standard InChI is InChI=1S/C18H23N3O4.ClH/c22-15(20-17(25)19-9-13-5-2-1-3-6-13)11-21-10-14-7-4-8-18(14,12-21)16(23)24;/h1-3,5-6,14H,4,7-12H2,(H,23,24)(H2,19,20,22,25);1H/t14-,18+;/m0./s1. The summed E-state index contributed by atoms with van der Waals surface area (Å²) in [6, 6.07) is 8.88. The molecule has 1 aromatic carbocycles. The number of rotatable bonds is 5. The highest BCUT2D eigenvalue weighted by atomic mass is 35.5. The third kappa shape index (κ3) is 4.34. The Hall–Kier alpha value is -2.12. The van der Waals surface area contributed by atoms with Crippen LogP contribution >= 0.6 is 12.4 Å². The Labute approximate surface area is 158 Å². The van der Waals surface area contributed by atoms with Gasteiger partial charge in [-0.05, 0) is 24.3 Å². The largest absolute Gasteiger partial charge is 0.481 e. The van der Waals surface area contributed by atoms with Gasteiger partial charge in [-0.2, -0.15) is 0 Å². The molecule has 3 amide bonds. The fourth-order valence-corrected chi connectivity index (χ4v) is 4.06. The van der Waals surface area contributed by atoms with Gasteiger partial charge in [-0.15, -0.1) is 12.4 Å². The molecular weight excluding hydrogens is 358 g/mol. The molecule has 0 spiro atoms. The van der Waals surface area contributed by atoms with E-state index in [2.05, 4.69) is 10.6 Å². The molecule has 3 N–H and O–H groups in total. The molecule has 1 heterocycles. The number of nitrogens with zero attached hydrogens (tertiary/aromatic N) is 1. The summed E-state index contributed by atoms with van der Waals surface area (Å²) in [5, 5.41) is 14.5. The van der Waals surface area contributed by atoms with Crippen LogP contribution in [0.5, 0.6) is 0 Å². The van der Waals surface area contributed by atoms with E-state index >= 15 is 0 Å². The van der Waals surface area contributed by atoms with Crippen LogP contribution in [0.25, 0.3) is 0 Å². The summed E-state index contributed by atoms with van der Waals surface area (Å²) in [7, 11) is 0. The molecule has 1 saturated carbocycles. The number of nitrogens with one attached hydrogen (secondary N) is 2. The van der Waals surface area contributed by atoms with Gasteiger partial charge in [0.2, 0.25) is 5.91 Å². The average Bonchev–Trinajstić information content (AvgIpc) is 3.11. The number of carboxylic acid groups (broad SMARTS) is 1. The van der Waals surface area contributed by atoms with Crippen molar-refractivity contribution in [3.63, 3.8) is 0 Å². The van der Waals surface area contributed by atoms with Crippen LogP contribution in [0.2, 0.25) is 0 Å². The summed E-state index contributed by atoms with van der Waals surface area (Å²) in [5.74, 6) is -1.07. The molecule has 3 rings (SSSR count). The fourth-order valence-electron chi connectivity index (χ4n) is 4.06. The fraction of sp³-hybridized carbons (Fsp3) is 0.500. The highest BCUT2D eigenvalue weighted by molar-refractivity contribution is 5.95. The van der Waals surface area contributed by atoms with Gasteiger partial charge in [-0.1, -0.05) is 36.8 Å². The van der Waals surface area contributed by atoms with Gasteiger partial charge in [-0.3, -0.25) is 19.8 Å². The maximum absolute atomic E-state index is 12.1. The van der Waals surface area contributed by atoms with Crippen molar-refractivity contribution in [2.75, 3.05) is 19.6 Å². The minimum atomic E-state index is -0.765. The number of aliphatic carboxylic acids is 1. The topological polar surface area (TPSA) is 98.7 Å². The monoisotopic (exact) mass is 381 g/mol. The second kappa shape index (κ2) is 8.51. The van der Waals surface area contributed by atoms with Gasteiger partial charge >= 0.3 is 12.0 Å². The number of amides is 3. The van der Waals surface area contributed by atoms with E-state index in [1.807, 2.05) is 35.2 Å². The van der Waals surface area contributed by atoms with Crippen molar-refractivity contribution in [2.24, 2.45) is 11.3 Å². The number of carboxylic acids is 1. The first kappa shape index (κ1) is 20.2. The van der Waals surface area contributed by atoms with Crippen molar-refractivity contribution in [1.82, 2.24) is 15.5 Å². The molecular formula is C18H24ClN3O4. The summed E-state index contributed by atoms with van der Waals surface area (Å²) < 4.78 is 0. The van der Waals surface area contributed by atoms with Gasteiger partial charge in [0.05, 0.1) is 12.0 Å². The lowest BCUT2D eigenvalue weighted by atomic mass is 9.81. The van der Waals surface area contributed by atoms with Gasteiger partial charge < -0.3 is 10.4 Å². The number of halogens is 1. The lowest BCUT2D eigenvalue weighted by Gasteiger charge is -2.23. The first-order valence-electron chi connectivity index (χ1n) is 8.57. The quantitative estimate of drug-likeness (QED) is 0.719. The number of hydrogen-bond donors (Lipinski definition) is 3. The number of urea groups is 1. The van der Waals surface area contributed by atoms with Crippen molar-refractivity contribution in [2.45, 2.75) is 25.8 Å². The van der Waals surface area contributed by atoms with E-state index < -0.39 is 23.3 Å². The van der Waals surface area contributed by atoms with E-state index in [-0.39, 0.29) is 24.9 Å². The minimum absolute atomic E-state index is 0. The molecule has 1 aromatic rings. The molecule has 142 valence electrons. The molecule has 0 unspecified atom stereocenters. The van der Waals surface area contributed by atoms with Crippen LogP contribution in [0.1, 0.15) is 24.8 Å². The van der Waals surface area contributed by atoms with Crippen molar-refractivity contribution in [1.29, 1.82) is 0 Å². The predicted octanol–water partition coefficient (Wildman–Crippen LogP) is 1.62. The van der Waals surface area contributed by atoms with E-state index in [0.717, 1.165) is 18.4 Å². The second-order valence-electron chi connectivity index (χ2n) is 6.94. The minimum Gasteiger partial charge on any atom is -0.481 e. The van der Waals surface area contributed by atoms with E-state index in [1.165, 1.54) is 0 Å². The Morgan fingerprint density at radius 3 is 2.62 bits per heavy atom. The molecule has 2 aliphatic rings. The van der Waals surface area contributed by atoms with E-state index in [1.54, 1.807) is 0 Å². The number of benzene rings is 1. The van der Waals surface area contributed by atoms with Crippen LogP contribution in [0.3, 0.4) is 0 Å². The molecule has 0 aromatic heterocycles. The van der Waals surface area contributed by atoms with Crippen LogP contribution in [0.15, 0.2) is 30.3 Å². The van der Waals surface area contributed by atoms with Gasteiger partial charge in [0.1, 0.15) is 0 Å². The Morgan fingerprint density at radius 2 is 1.96 bits per heavy atom. The lowest BCUT2D eigenvalue weighted by Crippen LogP contribution is -2.44. The maximum atomic E-state index is 12.1. The Morgan fingerprint density at radius 1 is 1.23 bits per heavy atom. The zero-order chi connectivity index (χ0) is 17.9. The first-order chi connectivity index (χ1) is 12.0. The summed E-state index contributed by atoms with van der Waals surface area (Å²) in [6.07, 6.45) is 2.49. The molecule has 7 nitrogen and oxygen atoms in total. The normalized spacial score (nSPS) is 24.4. The van der Waals surface area contributed by atoms with Gasteiger partial charge in [0.15, 0.2) is 0 Å². The zero-order valence-electron chi connectivity index (χ0n) is 14.4. The van der Waals surface area contributed by atoms with Crippen LogP contribution in [-0.2, 0) is 16.1 Å². The summed E-state index contributed by atoms with van der Waals surface area (Å²) in [4.78, 5) is 37.4. The molecule has 1 aliphatic heterocycles. The number of carbonyl (C=O) groups excluding carboxylic acids is 2. The number of imide groups is 1. The second-order valence-corrected chi connectivity index (χ2v) is 6.94. The SMILES string of the molecule is Cl.O=C(CN1C[C@@H]2CCC[C@@]2(C(=O)O)C1)NC(=O)NCc1ccccc1. The van der Waals surface area contributed by atoms with Gasteiger partial charge in [0, 0.05) is 19.6 Å². The molecule has 26 heavy (non-hydrogen) atoms. The van der Waals surface area contributed by atoms with Crippen LogP contribution in [-0.4, -0.2) is 47.5 Å². The van der Waals surface area contributed by atoms with Crippen LogP contribution in [0, 0.1) is 11.3 Å². The third-order valence-electron chi connectivity index (χ3n) is 5.28. The van der Waals surface area contributed by atoms with Gasteiger partial charge in [-0.25, -0.2) is 4.79 Å². The zero-order valence-corrected chi connectivity index (χ0v) is 15.3. The Bertz CT molecular complexity index is 670. The van der Waals surface area contributed by atoms with E-state index in [4.69, 9.17) is 0 Å². The molecule has 0 radical (unpaired) electrons. The highest BCUT2D eigenvalue weighted by Crippen LogP contribution is 2.48. The highest BCUT2D eigenvalue weighted by Gasteiger charge is 2.54. The number of hydrogen-bond acceptors (Lipinski definition) is 4. The molecule has 0 bridgehead atoms. The van der Waals surface area contributed by atoms with E-state index in [0.29, 0.717) is 26.1 Å². The molecule has 8 heteroatoms. The summed E-state index contributed by atoms with van der Waals surface area (Å²) >= 11 is 0. The van der Waals surface area contributed by atoms with Crippen LogP contribution < -0.4 is 10.6 Å². The van der Waals surface area contributed by atoms with Crippen molar-refractivity contribution >= 4 is 30.3 Å². The summed E-state index contributed by atoms with van der Waals surface area (Å²) in [5.41, 5.74) is 0.233. The van der Waals surface area contributed by atoms with E-state index in [9.17, 15) is 19.5 Å². The predicted molar refractivity (Wildman–Crippen MR) is 97.9 cm³/mol. The number of likely N-dealkylation sites (tertiary alicyclic amines) is 1. The number of fused-ring (bicyclic) bond motifs is 1. The Balaban J connectivity index is 0.00000243. The summed E-state index contributed by atoms with van der Waals surface area (Å²) in [6.45, 7) is 1.37. The smallest absolute Gasteiger partial charge is 0.321 e. The maximum Gasteiger partial charge on any atom is 0.321 e. The third-order valence-corrected chi connectivity index (χ3v) is 5.28. The first-order valence-corrected chi connectivity index (χ1v) is 8.57. The molecule has 2 atom stereocenters. The average molecular weight is 382 g/mol. The lowest BCUT2D eigenvalue weighted by molar-refractivity contribution is -0.149. The molecule has 1 aliphatic carbocycles. The van der Waals surface area contributed by atoms with Crippen molar-refractivity contribution in [3.05, 3.63) is 35.9 Å². The molecule has 1 saturated heterocycles. The molecule has 2 fully saturated rings. The van der Waals surface area contributed by atoms with Crippen molar-refractivity contribution < 1.29 is 19.5 Å². The van der Waals surface area contributed by atoms with Crippen LogP contribution in [0.4, 0.5) is 4.79 Å². The number of carbonyl (C=O) groups is 3.